The molecule has 0 saturated carbocycles. The number of esters is 1. The van der Waals surface area contributed by atoms with E-state index in [4.69, 9.17) is 14.8 Å². The van der Waals surface area contributed by atoms with Crippen LogP contribution in [0.4, 0.5) is 0 Å². The number of rotatable bonds is 5. The minimum absolute atomic E-state index is 0.267. The summed E-state index contributed by atoms with van der Waals surface area (Å²) in [7, 11) is -0.313. The van der Waals surface area contributed by atoms with Gasteiger partial charge >= 0.3 is 13.1 Å². The zero-order valence-corrected chi connectivity index (χ0v) is 9.84. The van der Waals surface area contributed by atoms with E-state index in [9.17, 15) is 4.79 Å². The lowest BCUT2D eigenvalue weighted by Crippen LogP contribution is -2.30. The van der Waals surface area contributed by atoms with Crippen molar-refractivity contribution in [3.63, 3.8) is 0 Å². The predicted molar refractivity (Wildman–Crippen MR) is 63.4 cm³/mol. The van der Waals surface area contributed by atoms with Crippen molar-refractivity contribution in [2.24, 2.45) is 0 Å². The summed E-state index contributed by atoms with van der Waals surface area (Å²) in [6.45, 7) is 2.37. The van der Waals surface area contributed by atoms with Crippen LogP contribution in [0.5, 0.6) is 5.75 Å². The molecular formula is C11H15BO5. The Kier molecular flexibility index (Phi) is 4.99. The van der Waals surface area contributed by atoms with Crippen molar-refractivity contribution in [3.8, 4) is 5.75 Å². The molecule has 0 bridgehead atoms. The first-order valence-electron chi connectivity index (χ1n) is 5.31. The van der Waals surface area contributed by atoms with Crippen molar-refractivity contribution in [2.75, 3.05) is 13.7 Å². The molecule has 6 heteroatoms. The molecule has 1 rings (SSSR count). The molecule has 0 aromatic heterocycles. The summed E-state index contributed by atoms with van der Waals surface area (Å²) in [5, 5.41) is 18.1. The third kappa shape index (κ3) is 3.47. The molecule has 0 aliphatic rings. The molecule has 1 aromatic rings. The molecule has 17 heavy (non-hydrogen) atoms. The molecule has 0 unspecified atom stereocenters. The number of ether oxygens (including phenoxy) is 2. The van der Waals surface area contributed by atoms with Crippen molar-refractivity contribution in [1.82, 2.24) is 0 Å². The molecule has 92 valence electrons. The lowest BCUT2D eigenvalue weighted by atomic mass is 9.80. The van der Waals surface area contributed by atoms with Gasteiger partial charge in [-0.1, -0.05) is 13.0 Å². The molecule has 0 radical (unpaired) electrons. The van der Waals surface area contributed by atoms with Crippen LogP contribution >= 0.6 is 0 Å². The zero-order chi connectivity index (χ0) is 12.8. The maximum atomic E-state index is 11.5. The van der Waals surface area contributed by atoms with E-state index in [2.05, 4.69) is 4.74 Å². The van der Waals surface area contributed by atoms with E-state index < -0.39 is 13.1 Å². The largest absolute Gasteiger partial charge is 0.493 e. The Morgan fingerprint density at radius 1 is 1.41 bits per heavy atom. The lowest BCUT2D eigenvalue weighted by Gasteiger charge is -2.11. The first-order valence-corrected chi connectivity index (χ1v) is 5.31. The molecule has 0 aliphatic heterocycles. The van der Waals surface area contributed by atoms with Gasteiger partial charge in [-0.3, -0.25) is 0 Å². The normalized spacial score (nSPS) is 9.88. The maximum absolute atomic E-state index is 11.5. The molecule has 2 N–H and O–H groups in total. The van der Waals surface area contributed by atoms with Crippen LogP contribution in [0.3, 0.4) is 0 Å². The number of methoxy groups -OCH3 is 1. The fourth-order valence-corrected chi connectivity index (χ4v) is 1.31. The van der Waals surface area contributed by atoms with Crippen LogP contribution in [0, 0.1) is 0 Å². The van der Waals surface area contributed by atoms with E-state index in [0.29, 0.717) is 12.4 Å². The summed E-state index contributed by atoms with van der Waals surface area (Å²) < 4.78 is 9.99. The molecule has 0 atom stereocenters. The van der Waals surface area contributed by atoms with Crippen molar-refractivity contribution in [2.45, 2.75) is 13.3 Å². The van der Waals surface area contributed by atoms with Gasteiger partial charge in [0.25, 0.3) is 0 Å². The minimum atomic E-state index is -1.59. The second-order valence-corrected chi connectivity index (χ2v) is 3.47. The van der Waals surface area contributed by atoms with Crippen molar-refractivity contribution < 1.29 is 24.3 Å². The highest BCUT2D eigenvalue weighted by Gasteiger charge is 2.18. The van der Waals surface area contributed by atoms with Crippen LogP contribution in [-0.4, -0.2) is 36.9 Å². The number of carbonyl (C=O) groups is 1. The first kappa shape index (κ1) is 13.5. The second kappa shape index (κ2) is 6.27. The van der Waals surface area contributed by atoms with Gasteiger partial charge < -0.3 is 19.5 Å². The predicted octanol–water partition coefficient (Wildman–Crippen LogP) is -0.0582. The van der Waals surface area contributed by atoms with Crippen LogP contribution in [0.25, 0.3) is 0 Å². The molecule has 1 aromatic carbocycles. The number of carbonyl (C=O) groups excluding carboxylic acids is 1. The number of benzene rings is 1. The fraction of sp³-hybridized carbons (Fsp3) is 0.364. The zero-order valence-electron chi connectivity index (χ0n) is 9.84. The highest BCUT2D eigenvalue weighted by atomic mass is 16.5. The first-order chi connectivity index (χ1) is 8.10. The molecule has 0 heterocycles. The van der Waals surface area contributed by atoms with E-state index in [1.54, 1.807) is 0 Å². The van der Waals surface area contributed by atoms with Gasteiger partial charge in [-0.25, -0.2) is 4.79 Å². The third-order valence-corrected chi connectivity index (χ3v) is 2.17. The van der Waals surface area contributed by atoms with E-state index in [1.165, 1.54) is 25.3 Å². The average Bonchev–Trinajstić information content (AvgIpc) is 2.34. The van der Waals surface area contributed by atoms with Crippen LogP contribution < -0.4 is 10.2 Å². The fourth-order valence-electron chi connectivity index (χ4n) is 1.31. The van der Waals surface area contributed by atoms with Gasteiger partial charge in [-0.05, 0) is 24.0 Å². The highest BCUT2D eigenvalue weighted by molar-refractivity contribution is 6.58. The van der Waals surface area contributed by atoms with Gasteiger partial charge in [0.15, 0.2) is 0 Å². The minimum Gasteiger partial charge on any atom is -0.493 e. The Morgan fingerprint density at radius 3 is 2.65 bits per heavy atom. The second-order valence-electron chi connectivity index (χ2n) is 3.47. The molecule has 0 fully saturated rings. The monoisotopic (exact) mass is 238 g/mol. The lowest BCUT2D eigenvalue weighted by molar-refractivity contribution is 0.0596. The summed E-state index contributed by atoms with van der Waals surface area (Å²) in [4.78, 5) is 11.5. The topological polar surface area (TPSA) is 76.0 Å². The van der Waals surface area contributed by atoms with E-state index in [0.717, 1.165) is 6.42 Å². The standard InChI is InChI=1S/C11H15BO5/c1-3-6-17-10-7-8(12(14)15)4-5-9(10)11(13)16-2/h4-5,7,14-15H,3,6H2,1-2H3. The molecular weight excluding hydrogens is 223 g/mol. The third-order valence-electron chi connectivity index (χ3n) is 2.17. The Bertz CT molecular complexity index is 391. The van der Waals surface area contributed by atoms with Crippen LogP contribution in [0.2, 0.25) is 0 Å². The van der Waals surface area contributed by atoms with Gasteiger partial charge in [0, 0.05) is 0 Å². The SMILES string of the molecule is CCCOc1cc(B(O)O)ccc1C(=O)OC. The Morgan fingerprint density at radius 2 is 2.12 bits per heavy atom. The summed E-state index contributed by atoms with van der Waals surface area (Å²) in [5.74, 6) is -0.223. The summed E-state index contributed by atoms with van der Waals surface area (Å²) in [5.41, 5.74) is 0.536. The van der Waals surface area contributed by atoms with Crippen LogP contribution in [-0.2, 0) is 4.74 Å². The Hall–Kier alpha value is -1.53. The van der Waals surface area contributed by atoms with Gasteiger partial charge in [-0.15, -0.1) is 0 Å². The van der Waals surface area contributed by atoms with Crippen molar-refractivity contribution in [3.05, 3.63) is 23.8 Å². The number of hydrogen-bond acceptors (Lipinski definition) is 5. The van der Waals surface area contributed by atoms with E-state index in [1.807, 2.05) is 6.92 Å². The summed E-state index contributed by atoms with van der Waals surface area (Å²) in [6.07, 6.45) is 0.784. The van der Waals surface area contributed by atoms with E-state index >= 15 is 0 Å². The van der Waals surface area contributed by atoms with Gasteiger partial charge in [-0.2, -0.15) is 0 Å². The van der Waals surface area contributed by atoms with Crippen LogP contribution in [0.1, 0.15) is 23.7 Å². The van der Waals surface area contributed by atoms with Crippen LogP contribution in [0.15, 0.2) is 18.2 Å². The summed E-state index contributed by atoms with van der Waals surface area (Å²) >= 11 is 0. The molecule has 0 spiro atoms. The van der Waals surface area contributed by atoms with Crippen molar-refractivity contribution in [1.29, 1.82) is 0 Å². The van der Waals surface area contributed by atoms with Crippen molar-refractivity contribution >= 4 is 18.6 Å². The quantitative estimate of drug-likeness (QED) is 0.555. The number of hydrogen-bond donors (Lipinski definition) is 2. The summed E-state index contributed by atoms with van der Waals surface area (Å²) in [6, 6.07) is 4.31. The maximum Gasteiger partial charge on any atom is 0.488 e. The van der Waals surface area contributed by atoms with Gasteiger partial charge in [0.1, 0.15) is 11.3 Å². The van der Waals surface area contributed by atoms with E-state index in [-0.39, 0.29) is 11.0 Å². The Balaban J connectivity index is 3.07. The molecule has 0 saturated heterocycles. The van der Waals surface area contributed by atoms with Gasteiger partial charge in [0.2, 0.25) is 0 Å². The highest BCUT2D eigenvalue weighted by Crippen LogP contribution is 2.18. The Labute approximate surface area is 100 Å². The van der Waals surface area contributed by atoms with Gasteiger partial charge in [0.05, 0.1) is 13.7 Å². The smallest absolute Gasteiger partial charge is 0.488 e. The molecule has 0 amide bonds. The molecule has 0 aliphatic carbocycles. The molecule has 5 nitrogen and oxygen atoms in total. The average molecular weight is 238 g/mol.